The summed E-state index contributed by atoms with van der Waals surface area (Å²) in [6.07, 6.45) is 7.29. The maximum atomic E-state index is 13.3. The van der Waals surface area contributed by atoms with E-state index in [1.165, 1.54) is 17.0 Å². The molecule has 10 heteroatoms. The Bertz CT molecular complexity index is 1480. The molecule has 0 radical (unpaired) electrons. The van der Waals surface area contributed by atoms with Crippen molar-refractivity contribution in [2.24, 2.45) is 4.99 Å². The van der Waals surface area contributed by atoms with E-state index in [1.807, 2.05) is 24.3 Å². The van der Waals surface area contributed by atoms with E-state index >= 15 is 0 Å². The third-order valence-corrected chi connectivity index (χ3v) is 7.91. The van der Waals surface area contributed by atoms with E-state index < -0.39 is 4.92 Å². The Labute approximate surface area is 231 Å². The maximum absolute atomic E-state index is 13.3. The average molecular weight is 594 g/mol. The molecule has 4 aromatic rings. The van der Waals surface area contributed by atoms with Gasteiger partial charge in [-0.15, -0.1) is 11.3 Å². The van der Waals surface area contributed by atoms with Gasteiger partial charge in [0.2, 0.25) is 0 Å². The summed E-state index contributed by atoms with van der Waals surface area (Å²) in [5, 5.41) is 14.6. The first-order valence-corrected chi connectivity index (χ1v) is 13.7. The van der Waals surface area contributed by atoms with E-state index in [9.17, 15) is 14.9 Å². The zero-order valence-electron chi connectivity index (χ0n) is 20.3. The second kappa shape index (κ2) is 11.7. The van der Waals surface area contributed by atoms with Crippen LogP contribution in [0, 0.1) is 10.1 Å². The fourth-order valence-electron chi connectivity index (χ4n) is 4.30. The summed E-state index contributed by atoms with van der Waals surface area (Å²) in [6, 6.07) is 15.5. The molecular weight excluding hydrogens is 570 g/mol. The van der Waals surface area contributed by atoms with Crippen molar-refractivity contribution in [3.63, 3.8) is 0 Å². The molecule has 194 valence electrons. The Morgan fingerprint density at radius 1 is 1.18 bits per heavy atom. The minimum absolute atomic E-state index is 0.0351. The molecule has 2 aromatic carbocycles. The van der Waals surface area contributed by atoms with Gasteiger partial charge in [0.1, 0.15) is 23.1 Å². The van der Waals surface area contributed by atoms with Crippen LogP contribution in [0.1, 0.15) is 50.5 Å². The van der Waals surface area contributed by atoms with E-state index in [-0.39, 0.29) is 18.2 Å². The number of carbonyl (C=O) groups excluding carboxylic acids is 1. The second-order valence-corrected chi connectivity index (χ2v) is 10.8. The van der Waals surface area contributed by atoms with Gasteiger partial charge in [0.05, 0.1) is 23.3 Å². The van der Waals surface area contributed by atoms with E-state index in [0.29, 0.717) is 28.6 Å². The van der Waals surface area contributed by atoms with E-state index in [4.69, 9.17) is 14.1 Å². The van der Waals surface area contributed by atoms with E-state index in [1.54, 1.807) is 42.0 Å². The number of carbonyl (C=O) groups is 1. The van der Waals surface area contributed by atoms with Crippen LogP contribution in [0.4, 0.5) is 10.7 Å². The Hall–Kier alpha value is -3.76. The highest BCUT2D eigenvalue weighted by Gasteiger charge is 2.25. The molecule has 0 saturated heterocycles. The normalized spacial score (nSPS) is 12.9. The molecule has 5 rings (SSSR count). The van der Waals surface area contributed by atoms with Crippen LogP contribution < -0.4 is 10.1 Å². The summed E-state index contributed by atoms with van der Waals surface area (Å²) < 4.78 is 12.3. The molecule has 2 heterocycles. The predicted molar refractivity (Wildman–Crippen MR) is 150 cm³/mol. The Kier molecular flexibility index (Phi) is 8.00. The van der Waals surface area contributed by atoms with Crippen LogP contribution in [0.2, 0.25) is 0 Å². The number of furan rings is 1. The molecule has 2 aromatic heterocycles. The first kappa shape index (κ1) is 25.9. The lowest BCUT2D eigenvalue weighted by molar-refractivity contribution is -0.384. The van der Waals surface area contributed by atoms with Gasteiger partial charge in [0.15, 0.2) is 0 Å². The summed E-state index contributed by atoms with van der Waals surface area (Å²) in [4.78, 5) is 29.7. The molecule has 8 nitrogen and oxygen atoms in total. The highest BCUT2D eigenvalue weighted by atomic mass is 79.9. The smallest absolute Gasteiger partial charge is 0.269 e. The number of amides is 1. The fraction of sp³-hybridized carbons (Fsp3) is 0.214. The molecular formula is C28H24BrN3O5S. The lowest BCUT2D eigenvalue weighted by atomic mass is 9.95. The summed E-state index contributed by atoms with van der Waals surface area (Å²) >= 11 is 5.08. The number of ether oxygens (including phenoxy) is 1. The van der Waals surface area contributed by atoms with Gasteiger partial charge >= 0.3 is 0 Å². The van der Waals surface area contributed by atoms with Crippen LogP contribution in [0.15, 0.2) is 74.7 Å². The molecule has 0 saturated carbocycles. The SMILES string of the molecule is O=C(NCc1ccco1)c1c(N=Cc2cc(Br)ccc2OCc2ccc([N+](=O)[O-])cc2)sc2c1CCCC2. The lowest BCUT2D eigenvalue weighted by Gasteiger charge is -2.12. The number of nitrogens with zero attached hydrogens (tertiary/aromatic N) is 2. The second-order valence-electron chi connectivity index (χ2n) is 8.81. The molecule has 0 fully saturated rings. The van der Waals surface area contributed by atoms with Crippen LogP contribution in [0.25, 0.3) is 0 Å². The number of rotatable bonds is 9. The van der Waals surface area contributed by atoms with Crippen molar-refractivity contribution in [1.82, 2.24) is 5.32 Å². The number of halogens is 1. The topological polar surface area (TPSA) is 107 Å². The summed E-state index contributed by atoms with van der Waals surface area (Å²) in [5.41, 5.74) is 3.32. The zero-order valence-corrected chi connectivity index (χ0v) is 22.7. The van der Waals surface area contributed by atoms with Crippen molar-refractivity contribution in [3.05, 3.63) is 108 Å². The number of non-ortho nitro benzene ring substituents is 1. The molecule has 0 aliphatic heterocycles. The summed E-state index contributed by atoms with van der Waals surface area (Å²) in [6.45, 7) is 0.556. The number of nitro groups is 1. The largest absolute Gasteiger partial charge is 0.488 e. The minimum atomic E-state index is -0.429. The van der Waals surface area contributed by atoms with Crippen molar-refractivity contribution in [2.75, 3.05) is 0 Å². The number of fused-ring (bicyclic) bond motifs is 1. The number of aliphatic imine (C=N–C) groups is 1. The highest BCUT2D eigenvalue weighted by Crippen LogP contribution is 2.40. The molecule has 1 aliphatic rings. The van der Waals surface area contributed by atoms with Crippen molar-refractivity contribution in [2.45, 2.75) is 38.8 Å². The van der Waals surface area contributed by atoms with Gasteiger partial charge in [0.25, 0.3) is 11.6 Å². The number of benzene rings is 2. The fourth-order valence-corrected chi connectivity index (χ4v) is 5.91. The van der Waals surface area contributed by atoms with Crippen molar-refractivity contribution >= 4 is 50.1 Å². The van der Waals surface area contributed by atoms with Crippen LogP contribution in [0.3, 0.4) is 0 Å². The number of hydrogen-bond acceptors (Lipinski definition) is 7. The molecule has 38 heavy (non-hydrogen) atoms. The first-order valence-electron chi connectivity index (χ1n) is 12.1. The van der Waals surface area contributed by atoms with Gasteiger partial charge in [-0.3, -0.25) is 14.9 Å². The van der Waals surface area contributed by atoms with E-state index in [2.05, 4.69) is 21.2 Å². The molecule has 1 aliphatic carbocycles. The quantitative estimate of drug-likeness (QED) is 0.126. The first-order chi connectivity index (χ1) is 18.5. The van der Waals surface area contributed by atoms with Gasteiger partial charge in [0, 0.05) is 33.3 Å². The number of thiophene rings is 1. The maximum Gasteiger partial charge on any atom is 0.269 e. The molecule has 0 spiro atoms. The average Bonchev–Trinajstić information content (AvgIpc) is 3.58. The minimum Gasteiger partial charge on any atom is -0.488 e. The molecule has 1 N–H and O–H groups in total. The molecule has 0 unspecified atom stereocenters. The predicted octanol–water partition coefficient (Wildman–Crippen LogP) is 7.15. The highest BCUT2D eigenvalue weighted by molar-refractivity contribution is 9.10. The van der Waals surface area contributed by atoms with Crippen molar-refractivity contribution < 1.29 is 18.9 Å². The number of nitrogens with one attached hydrogen (secondary N) is 1. The van der Waals surface area contributed by atoms with Crippen LogP contribution in [-0.2, 0) is 26.0 Å². The Balaban J connectivity index is 1.38. The summed E-state index contributed by atoms with van der Waals surface area (Å²) in [5.74, 6) is 1.15. The number of nitro benzene ring substituents is 1. The molecule has 1 amide bonds. The molecule has 0 bridgehead atoms. The lowest BCUT2D eigenvalue weighted by Crippen LogP contribution is -2.23. The number of hydrogen-bond donors (Lipinski definition) is 1. The monoisotopic (exact) mass is 593 g/mol. The van der Waals surface area contributed by atoms with E-state index in [0.717, 1.165) is 46.8 Å². The Morgan fingerprint density at radius 3 is 2.76 bits per heavy atom. The van der Waals surface area contributed by atoms with Crippen molar-refractivity contribution in [3.8, 4) is 5.75 Å². The van der Waals surface area contributed by atoms with Crippen LogP contribution in [0.5, 0.6) is 5.75 Å². The summed E-state index contributed by atoms with van der Waals surface area (Å²) in [7, 11) is 0. The zero-order chi connectivity index (χ0) is 26.5. The van der Waals surface area contributed by atoms with Gasteiger partial charge in [-0.1, -0.05) is 15.9 Å². The molecule has 0 atom stereocenters. The third-order valence-electron chi connectivity index (χ3n) is 6.22. The van der Waals surface area contributed by atoms with Gasteiger partial charge in [-0.05, 0) is 79.3 Å². The Morgan fingerprint density at radius 2 is 2.00 bits per heavy atom. The van der Waals surface area contributed by atoms with Crippen molar-refractivity contribution in [1.29, 1.82) is 0 Å². The standard InChI is InChI=1S/C28H24BrN3O5S/c29-20-9-12-24(37-17-18-7-10-21(11-8-18)32(34)35)19(14-20)15-31-28-26(23-5-1-2-6-25(23)38-28)27(33)30-16-22-4-3-13-36-22/h3-4,7-15H,1-2,5-6,16-17H2,(H,30,33). The van der Waals surface area contributed by atoms with Gasteiger partial charge in [-0.2, -0.15) is 0 Å². The number of aryl methyl sites for hydroxylation is 1. The van der Waals surface area contributed by atoms with Gasteiger partial charge < -0.3 is 14.5 Å². The van der Waals surface area contributed by atoms with Gasteiger partial charge in [-0.25, -0.2) is 4.99 Å². The van der Waals surface area contributed by atoms with Crippen LogP contribution in [-0.4, -0.2) is 17.0 Å². The third kappa shape index (κ3) is 6.03. The van der Waals surface area contributed by atoms with Crippen LogP contribution >= 0.6 is 27.3 Å².